The Morgan fingerprint density at radius 3 is 0.784 bits per heavy atom. The van der Waals surface area contributed by atoms with Gasteiger partial charge < -0.3 is 39.1 Å². The molecule has 3 rings (SSSR count). The summed E-state index contributed by atoms with van der Waals surface area (Å²) in [6.07, 6.45) is 26.5. The molecule has 11 heteroatoms. The van der Waals surface area contributed by atoms with Gasteiger partial charge in [0.2, 0.25) is 11.5 Å². The first-order valence-electron chi connectivity index (χ1n) is 39.3. The number of hydrogen-bond acceptors (Lipinski definition) is 8. The van der Waals surface area contributed by atoms with Crippen molar-refractivity contribution >= 4 is 31.3 Å². The summed E-state index contributed by atoms with van der Waals surface area (Å²) < 4.78 is 40.7. The van der Waals surface area contributed by atoms with Crippen LogP contribution in [0.4, 0.5) is 11.4 Å². The zero-order chi connectivity index (χ0) is 72.0. The molecule has 0 unspecified atom stereocenters. The highest BCUT2D eigenvalue weighted by molar-refractivity contribution is 6.83. The molecule has 0 saturated carbocycles. The second-order valence-corrected chi connectivity index (χ2v) is 38.4. The molecule has 97 heavy (non-hydrogen) atoms. The first-order valence-corrected chi connectivity index (χ1v) is 42.8. The first kappa shape index (κ1) is 86.4. The van der Waals surface area contributed by atoms with Crippen molar-refractivity contribution in [2.24, 2.45) is 71.0 Å². The minimum absolute atomic E-state index is 0.340. The first-order chi connectivity index (χ1) is 45.9. The third kappa shape index (κ3) is 38.5. The lowest BCUT2D eigenvalue weighted by Crippen LogP contribution is -2.18. The summed E-state index contributed by atoms with van der Waals surface area (Å²) in [5, 5.41) is 6.61. The highest BCUT2D eigenvalue weighted by atomic mass is 28.3. The van der Waals surface area contributed by atoms with E-state index in [0.717, 1.165) is 77.0 Å². The number of anilines is 2. The van der Waals surface area contributed by atoms with Crippen LogP contribution in [0.3, 0.4) is 0 Å². The van der Waals surface area contributed by atoms with Gasteiger partial charge in [-0.05, 0) is 158 Å². The number of hydrogen-bond donors (Lipinski definition) is 2. The third-order valence-electron chi connectivity index (χ3n) is 19.1. The third-order valence-corrected chi connectivity index (χ3v) is 20.0. The molecule has 0 aliphatic rings. The van der Waals surface area contributed by atoms with Gasteiger partial charge in [-0.3, -0.25) is 9.59 Å². The van der Waals surface area contributed by atoms with Gasteiger partial charge in [-0.25, -0.2) is 0 Å². The van der Waals surface area contributed by atoms with Crippen molar-refractivity contribution in [1.29, 1.82) is 0 Å². The quantitative estimate of drug-likeness (QED) is 0.0424. The van der Waals surface area contributed by atoms with Crippen molar-refractivity contribution in [2.45, 2.75) is 305 Å². The highest BCUT2D eigenvalue weighted by Crippen LogP contribution is 2.43. The summed E-state index contributed by atoms with van der Waals surface area (Å²) in [4.78, 5) is 30.4. The molecule has 10 nitrogen and oxygen atoms in total. The standard InChI is InChI=1S/C86H146N2O8Si/c1-61(2)29-23-35-67(13)41-48-91-79-57-75(58-80(92-49-42-68(14)36-24-30-62(3)4)83(79)95-52-45-71(17)39-27-33-65(9)10)85(89)87-77-55-74(47-54-97(20,21)22)56-78(73(77)19)88-86(90)76-59-81(93-50-43-69(15)37-25-31-63(5)6)84(96-53-46-72(18)40-28-34-66(11)12)82(60-76)94-51-44-70(16)38-26-32-64(7)8/h55-72H,23-46,48-53H2,1-22H3,(H,87,89)(H,88,90)/t67-,68-,69-,70-,71-,72-/m0/s1. The van der Waals surface area contributed by atoms with E-state index in [0.29, 0.717) is 179 Å². The molecule has 0 aliphatic heterocycles. The topological polar surface area (TPSA) is 114 Å². The summed E-state index contributed by atoms with van der Waals surface area (Å²) in [6.45, 7) is 52.8. The number of nitrogens with one attached hydrogen (secondary N) is 2. The van der Waals surface area contributed by atoms with Gasteiger partial charge in [0.1, 0.15) is 8.07 Å². The smallest absolute Gasteiger partial charge is 0.255 e. The van der Waals surface area contributed by atoms with Crippen LogP contribution in [0.1, 0.15) is 311 Å². The fraction of sp³-hybridized carbons (Fsp3) is 0.744. The Morgan fingerprint density at radius 1 is 0.340 bits per heavy atom. The fourth-order valence-electron chi connectivity index (χ4n) is 12.1. The van der Waals surface area contributed by atoms with Crippen LogP contribution in [0.25, 0.3) is 0 Å². The largest absolute Gasteiger partial charge is 0.490 e. The monoisotopic (exact) mass is 1360 g/mol. The number of amides is 2. The van der Waals surface area contributed by atoms with Crippen LogP contribution in [0.5, 0.6) is 34.5 Å². The van der Waals surface area contributed by atoms with Crippen LogP contribution in [0.15, 0.2) is 36.4 Å². The van der Waals surface area contributed by atoms with E-state index in [4.69, 9.17) is 28.4 Å². The van der Waals surface area contributed by atoms with E-state index in [1.165, 1.54) is 77.0 Å². The summed E-state index contributed by atoms with van der Waals surface area (Å²) in [5.74, 6) is 12.9. The average Bonchev–Trinajstić information content (AvgIpc) is 0.822. The summed E-state index contributed by atoms with van der Waals surface area (Å²) in [5.41, 5.74) is 6.74. The molecule has 3 aromatic carbocycles. The zero-order valence-corrected chi connectivity index (χ0v) is 67.4. The molecule has 0 aromatic heterocycles. The number of carbonyl (C=O) groups is 2. The molecule has 0 aliphatic carbocycles. The van der Waals surface area contributed by atoms with Gasteiger partial charge in [0.25, 0.3) is 11.8 Å². The van der Waals surface area contributed by atoms with Gasteiger partial charge in [0.05, 0.1) is 39.6 Å². The summed E-state index contributed by atoms with van der Waals surface area (Å²) in [6, 6.07) is 11.2. The van der Waals surface area contributed by atoms with E-state index >= 15 is 9.59 Å². The molecule has 0 heterocycles. The maximum atomic E-state index is 15.2. The Hall–Kier alpha value is -4.82. The lowest BCUT2D eigenvalue weighted by Gasteiger charge is -2.22. The SMILES string of the molecule is Cc1c(NC(=O)c2cc(OCC[C@@H](C)CCCC(C)C)c(OCC[C@@H](C)CCCC(C)C)c(OCC[C@@H](C)CCCC(C)C)c2)cc(C#C[Si](C)(C)C)cc1NC(=O)c1cc(OCC[C@@H](C)CCCC(C)C)c(OCC[C@@H](C)CCCC(C)C)c(OCC[C@@H](C)CCCC(C)C)c1. The zero-order valence-electron chi connectivity index (χ0n) is 66.4. The van der Waals surface area contributed by atoms with Crippen LogP contribution >= 0.6 is 0 Å². The predicted octanol–water partition coefficient (Wildman–Crippen LogP) is 25.1. The van der Waals surface area contributed by atoms with Crippen LogP contribution < -0.4 is 39.1 Å². The minimum atomic E-state index is -1.88. The molecule has 0 radical (unpaired) electrons. The molecule has 0 bridgehead atoms. The number of ether oxygens (including phenoxy) is 6. The molecule has 2 N–H and O–H groups in total. The second-order valence-electron chi connectivity index (χ2n) is 33.6. The van der Waals surface area contributed by atoms with Gasteiger partial charge >= 0.3 is 0 Å². The minimum Gasteiger partial charge on any atom is -0.490 e. The van der Waals surface area contributed by atoms with Gasteiger partial charge in [0, 0.05) is 28.1 Å². The molecule has 0 saturated heterocycles. The lowest BCUT2D eigenvalue weighted by atomic mass is 9.97. The van der Waals surface area contributed by atoms with Gasteiger partial charge in [-0.2, -0.15) is 0 Å². The maximum absolute atomic E-state index is 15.2. The van der Waals surface area contributed by atoms with Gasteiger partial charge in [0.15, 0.2) is 23.0 Å². The van der Waals surface area contributed by atoms with E-state index in [9.17, 15) is 0 Å². The average molecular weight is 1360 g/mol. The van der Waals surface area contributed by atoms with Crippen molar-refractivity contribution < 1.29 is 38.0 Å². The predicted molar refractivity (Wildman–Crippen MR) is 418 cm³/mol. The summed E-state index contributed by atoms with van der Waals surface area (Å²) in [7, 11) is -1.88. The van der Waals surface area contributed by atoms with Crippen molar-refractivity contribution in [1.82, 2.24) is 0 Å². The van der Waals surface area contributed by atoms with E-state index < -0.39 is 8.07 Å². The van der Waals surface area contributed by atoms with Crippen molar-refractivity contribution in [2.75, 3.05) is 50.3 Å². The Balaban J connectivity index is 2.23. The van der Waals surface area contributed by atoms with Gasteiger partial charge in [-0.1, -0.05) is 266 Å². The molecule has 6 atom stereocenters. The molecular formula is C86H146N2O8Si. The van der Waals surface area contributed by atoms with Crippen LogP contribution in [-0.2, 0) is 0 Å². The van der Waals surface area contributed by atoms with Crippen molar-refractivity contribution in [3.8, 4) is 46.0 Å². The van der Waals surface area contributed by atoms with E-state index in [1.807, 2.05) is 43.3 Å². The normalized spacial score (nSPS) is 13.8. The van der Waals surface area contributed by atoms with Crippen molar-refractivity contribution in [3.05, 3.63) is 58.7 Å². The fourth-order valence-corrected chi connectivity index (χ4v) is 12.7. The Labute approximate surface area is 597 Å². The highest BCUT2D eigenvalue weighted by Gasteiger charge is 2.25. The maximum Gasteiger partial charge on any atom is 0.255 e. The van der Waals surface area contributed by atoms with Crippen LogP contribution in [0.2, 0.25) is 19.6 Å². The number of carbonyl (C=O) groups excluding carboxylic acids is 2. The second kappa shape index (κ2) is 47.3. The van der Waals surface area contributed by atoms with Gasteiger partial charge in [-0.15, -0.1) is 5.54 Å². The Bertz CT molecular complexity index is 2470. The van der Waals surface area contributed by atoms with E-state index in [1.54, 1.807) is 0 Å². The van der Waals surface area contributed by atoms with Crippen LogP contribution in [0, 0.1) is 89.4 Å². The molecular weight excluding hydrogens is 1220 g/mol. The summed E-state index contributed by atoms with van der Waals surface area (Å²) >= 11 is 0. The van der Waals surface area contributed by atoms with E-state index in [-0.39, 0.29) is 11.8 Å². The Morgan fingerprint density at radius 2 is 0.567 bits per heavy atom. The van der Waals surface area contributed by atoms with E-state index in [2.05, 4.69) is 166 Å². The Kier molecular flexibility index (Phi) is 42.1. The van der Waals surface area contributed by atoms with Crippen LogP contribution in [-0.4, -0.2) is 59.5 Å². The molecule has 552 valence electrons. The number of rotatable bonds is 52. The molecule has 0 spiro atoms. The van der Waals surface area contributed by atoms with Crippen molar-refractivity contribution in [3.63, 3.8) is 0 Å². The molecule has 0 fully saturated rings. The lowest BCUT2D eigenvalue weighted by molar-refractivity contribution is 0.101. The molecule has 2 amide bonds. The number of benzene rings is 3. The molecule has 3 aromatic rings.